The highest BCUT2D eigenvalue weighted by Crippen LogP contribution is 2.18. The summed E-state index contributed by atoms with van der Waals surface area (Å²) in [4.78, 5) is 10.8. The van der Waals surface area contributed by atoms with Crippen LogP contribution in [-0.2, 0) is 10.0 Å². The molecule has 0 saturated heterocycles. The van der Waals surface area contributed by atoms with E-state index in [-0.39, 0.29) is 10.5 Å². The molecule has 1 aliphatic heterocycles. The molecule has 0 amide bonds. The lowest BCUT2D eigenvalue weighted by Gasteiger charge is -2.15. The summed E-state index contributed by atoms with van der Waals surface area (Å²) in [5.74, 6) is -1.09. The second-order valence-corrected chi connectivity index (χ2v) is 5.58. The normalized spacial score (nSPS) is 14.4. The van der Waals surface area contributed by atoms with Crippen LogP contribution in [0.3, 0.4) is 0 Å². The van der Waals surface area contributed by atoms with Crippen LogP contribution in [-0.4, -0.2) is 23.8 Å². The quantitative estimate of drug-likeness (QED) is 0.916. The molecule has 5 nitrogen and oxygen atoms in total. The van der Waals surface area contributed by atoms with Crippen molar-refractivity contribution >= 4 is 16.0 Å². The third kappa shape index (κ3) is 2.74. The zero-order valence-electron chi connectivity index (χ0n) is 9.80. The summed E-state index contributed by atoms with van der Waals surface area (Å²) in [5.41, 5.74) is 0.0440. The number of rotatable bonds is 3. The van der Waals surface area contributed by atoms with Gasteiger partial charge in [0.2, 0.25) is 0 Å². The van der Waals surface area contributed by atoms with Gasteiger partial charge in [0.05, 0.1) is 10.5 Å². The molecule has 1 aromatic rings. The molecule has 2 rings (SSSR count). The smallest absolute Gasteiger partial charge is 0.335 e. The van der Waals surface area contributed by atoms with Gasteiger partial charge in [-0.15, -0.1) is 0 Å². The molecule has 0 fully saturated rings. The van der Waals surface area contributed by atoms with Crippen LogP contribution >= 0.6 is 0 Å². The third-order valence-electron chi connectivity index (χ3n) is 2.48. The fourth-order valence-corrected chi connectivity index (χ4v) is 2.68. The highest BCUT2D eigenvalue weighted by atomic mass is 32.2. The molecular formula is C13H11NO4S. The number of benzene rings is 1. The molecule has 1 heterocycles. The van der Waals surface area contributed by atoms with E-state index in [0.29, 0.717) is 0 Å². The SMILES string of the molecule is O=C(O)c1ccc(S(=O)(=O)N2C=CC=CC=C2)cc1. The standard InChI is InChI=1S/C13H11NO4S/c15-13(16)11-5-7-12(8-6-11)19(17,18)14-9-3-1-2-4-10-14/h1-10H,(H,15,16). The van der Waals surface area contributed by atoms with Gasteiger partial charge < -0.3 is 5.11 Å². The van der Waals surface area contributed by atoms with E-state index >= 15 is 0 Å². The van der Waals surface area contributed by atoms with Crippen LogP contribution in [0.4, 0.5) is 0 Å². The topological polar surface area (TPSA) is 74.7 Å². The van der Waals surface area contributed by atoms with Gasteiger partial charge in [-0.2, -0.15) is 0 Å². The fourth-order valence-electron chi connectivity index (χ4n) is 1.50. The number of hydrogen-bond acceptors (Lipinski definition) is 3. The van der Waals surface area contributed by atoms with E-state index in [1.54, 1.807) is 24.3 Å². The number of sulfonamides is 1. The lowest BCUT2D eigenvalue weighted by Crippen LogP contribution is -2.20. The molecule has 0 saturated carbocycles. The Balaban J connectivity index is 2.37. The Morgan fingerprint density at radius 3 is 1.95 bits per heavy atom. The van der Waals surface area contributed by atoms with Gasteiger partial charge in [-0.25, -0.2) is 17.5 Å². The van der Waals surface area contributed by atoms with E-state index in [1.165, 1.54) is 36.7 Å². The molecule has 0 atom stereocenters. The number of carboxylic acid groups (broad SMARTS) is 1. The summed E-state index contributed by atoms with van der Waals surface area (Å²) >= 11 is 0. The van der Waals surface area contributed by atoms with Crippen molar-refractivity contribution in [3.05, 3.63) is 66.5 Å². The molecular weight excluding hydrogens is 266 g/mol. The van der Waals surface area contributed by atoms with Crippen LogP contribution in [0.25, 0.3) is 0 Å². The Bertz CT molecular complexity index is 653. The summed E-state index contributed by atoms with van der Waals surface area (Å²) in [6.45, 7) is 0. The number of carbonyl (C=O) groups is 1. The average Bonchev–Trinajstić information content (AvgIpc) is 2.68. The van der Waals surface area contributed by atoms with Gasteiger partial charge in [0.15, 0.2) is 0 Å². The lowest BCUT2D eigenvalue weighted by molar-refractivity contribution is 0.0696. The van der Waals surface area contributed by atoms with Gasteiger partial charge in [0.25, 0.3) is 10.0 Å². The molecule has 1 N–H and O–H groups in total. The molecule has 0 radical (unpaired) electrons. The second-order valence-electron chi connectivity index (χ2n) is 3.73. The minimum absolute atomic E-state index is 0.0358. The van der Waals surface area contributed by atoms with Gasteiger partial charge in [0.1, 0.15) is 0 Å². The first-order valence-corrected chi connectivity index (χ1v) is 6.84. The van der Waals surface area contributed by atoms with Gasteiger partial charge in [-0.05, 0) is 36.4 Å². The summed E-state index contributed by atoms with van der Waals surface area (Å²) in [6, 6.07) is 5.08. The Hall–Kier alpha value is -2.34. The molecule has 19 heavy (non-hydrogen) atoms. The molecule has 1 aliphatic rings. The minimum Gasteiger partial charge on any atom is -0.478 e. The van der Waals surface area contributed by atoms with Crippen LogP contribution in [0, 0.1) is 0 Å². The van der Waals surface area contributed by atoms with E-state index in [4.69, 9.17) is 5.11 Å². The maximum Gasteiger partial charge on any atom is 0.335 e. The Morgan fingerprint density at radius 2 is 1.47 bits per heavy atom. The monoisotopic (exact) mass is 277 g/mol. The molecule has 0 bridgehead atoms. The van der Waals surface area contributed by atoms with Gasteiger partial charge in [0, 0.05) is 12.4 Å². The van der Waals surface area contributed by atoms with E-state index < -0.39 is 16.0 Å². The Labute approximate surface area is 110 Å². The summed E-state index contributed by atoms with van der Waals surface area (Å²) < 4.78 is 25.6. The average molecular weight is 277 g/mol. The number of nitrogens with zero attached hydrogens (tertiary/aromatic N) is 1. The lowest BCUT2D eigenvalue weighted by atomic mass is 10.2. The first kappa shape index (κ1) is 13.1. The highest BCUT2D eigenvalue weighted by Gasteiger charge is 2.20. The molecule has 98 valence electrons. The van der Waals surface area contributed by atoms with Gasteiger partial charge in [-0.3, -0.25) is 0 Å². The van der Waals surface area contributed by atoms with Crippen molar-refractivity contribution in [2.75, 3.05) is 0 Å². The molecule has 1 aromatic carbocycles. The first-order chi connectivity index (χ1) is 9.01. The summed E-state index contributed by atoms with van der Waals surface area (Å²) in [6.07, 6.45) is 9.45. The first-order valence-electron chi connectivity index (χ1n) is 5.40. The second kappa shape index (κ2) is 5.11. The van der Waals surface area contributed by atoms with Gasteiger partial charge >= 0.3 is 5.97 Å². The van der Waals surface area contributed by atoms with Crippen LogP contribution in [0.15, 0.2) is 65.9 Å². The third-order valence-corrected chi connectivity index (χ3v) is 4.14. The summed E-state index contributed by atoms with van der Waals surface area (Å²) in [5, 5.41) is 8.77. The van der Waals surface area contributed by atoms with Crippen molar-refractivity contribution in [2.45, 2.75) is 4.90 Å². The van der Waals surface area contributed by atoms with E-state index in [0.717, 1.165) is 4.31 Å². The number of aromatic carboxylic acids is 1. The Morgan fingerprint density at radius 1 is 0.947 bits per heavy atom. The van der Waals surface area contributed by atoms with Crippen molar-refractivity contribution in [3.8, 4) is 0 Å². The molecule has 0 unspecified atom stereocenters. The van der Waals surface area contributed by atoms with E-state index in [1.807, 2.05) is 0 Å². The van der Waals surface area contributed by atoms with Crippen molar-refractivity contribution in [3.63, 3.8) is 0 Å². The largest absolute Gasteiger partial charge is 0.478 e. The van der Waals surface area contributed by atoms with Crippen LogP contribution < -0.4 is 0 Å². The minimum atomic E-state index is -3.70. The van der Waals surface area contributed by atoms with Crippen molar-refractivity contribution < 1.29 is 18.3 Å². The summed E-state index contributed by atoms with van der Waals surface area (Å²) in [7, 11) is -3.70. The zero-order valence-corrected chi connectivity index (χ0v) is 10.6. The van der Waals surface area contributed by atoms with E-state index in [2.05, 4.69) is 0 Å². The predicted molar refractivity (Wildman–Crippen MR) is 69.8 cm³/mol. The molecule has 0 spiro atoms. The molecule has 0 aromatic heterocycles. The van der Waals surface area contributed by atoms with Crippen LogP contribution in [0.1, 0.15) is 10.4 Å². The maximum atomic E-state index is 12.3. The number of carboxylic acids is 1. The predicted octanol–water partition coefficient (Wildman–Crippen LogP) is 1.97. The van der Waals surface area contributed by atoms with Crippen LogP contribution in [0.5, 0.6) is 0 Å². The fraction of sp³-hybridized carbons (Fsp3) is 0. The molecule has 0 aliphatic carbocycles. The highest BCUT2D eigenvalue weighted by molar-refractivity contribution is 7.89. The number of hydrogen-bond donors (Lipinski definition) is 1. The van der Waals surface area contributed by atoms with Crippen molar-refractivity contribution in [1.82, 2.24) is 4.31 Å². The molecule has 6 heteroatoms. The number of allylic oxidation sites excluding steroid dienone is 4. The van der Waals surface area contributed by atoms with Crippen LogP contribution in [0.2, 0.25) is 0 Å². The van der Waals surface area contributed by atoms with E-state index in [9.17, 15) is 13.2 Å². The van der Waals surface area contributed by atoms with Gasteiger partial charge in [-0.1, -0.05) is 12.2 Å². The maximum absolute atomic E-state index is 12.3. The van der Waals surface area contributed by atoms with Crippen molar-refractivity contribution in [2.24, 2.45) is 0 Å². The van der Waals surface area contributed by atoms with Crippen molar-refractivity contribution in [1.29, 1.82) is 0 Å². The Kier molecular flexibility index (Phi) is 3.52. The zero-order chi connectivity index (χ0) is 13.9.